The number of rotatable bonds is 6. The van der Waals surface area contributed by atoms with E-state index in [9.17, 15) is 0 Å². The van der Waals surface area contributed by atoms with E-state index in [2.05, 4.69) is 42.8 Å². The summed E-state index contributed by atoms with van der Waals surface area (Å²) < 4.78 is 5.62. The molecule has 0 fully saturated rings. The Kier molecular flexibility index (Phi) is 4.88. The van der Waals surface area contributed by atoms with E-state index in [4.69, 9.17) is 10.5 Å². The van der Waals surface area contributed by atoms with Crippen LogP contribution in [0.4, 0.5) is 0 Å². The van der Waals surface area contributed by atoms with Crippen LogP contribution in [-0.4, -0.2) is 30.6 Å². The monoisotopic (exact) mass is 275 g/mol. The Balaban J connectivity index is 2.06. The molecule has 2 N–H and O–H groups in total. The number of nitrogens with zero attached hydrogens (tertiary/aromatic N) is 2. The average Bonchev–Trinajstić information content (AvgIpc) is 2.78. The zero-order valence-corrected chi connectivity index (χ0v) is 12.7. The third-order valence-electron chi connectivity index (χ3n) is 3.40. The normalized spacial score (nSPS) is 18.5. The molecule has 0 aliphatic carbocycles. The van der Waals surface area contributed by atoms with Crippen LogP contribution in [0.1, 0.15) is 38.8 Å². The third kappa shape index (κ3) is 3.44. The summed E-state index contributed by atoms with van der Waals surface area (Å²) in [5.41, 5.74) is 7.25. The first-order chi connectivity index (χ1) is 9.61. The largest absolute Gasteiger partial charge is 0.494 e. The lowest BCUT2D eigenvalue weighted by atomic mass is 10.0. The van der Waals surface area contributed by atoms with Crippen molar-refractivity contribution < 1.29 is 4.74 Å². The van der Waals surface area contributed by atoms with Gasteiger partial charge >= 0.3 is 0 Å². The summed E-state index contributed by atoms with van der Waals surface area (Å²) in [6.45, 7) is 8.95. The van der Waals surface area contributed by atoms with Crippen LogP contribution in [0.3, 0.4) is 0 Å². The fourth-order valence-electron chi connectivity index (χ4n) is 2.43. The highest BCUT2D eigenvalue weighted by Crippen LogP contribution is 2.27. The SMILES string of the molecule is CCCOc1ccc(C2CN=C(N)N2CC(C)C)cc1. The van der Waals surface area contributed by atoms with Gasteiger partial charge in [-0.15, -0.1) is 0 Å². The van der Waals surface area contributed by atoms with E-state index in [1.165, 1.54) is 5.56 Å². The number of ether oxygens (including phenoxy) is 1. The topological polar surface area (TPSA) is 50.9 Å². The van der Waals surface area contributed by atoms with E-state index in [-0.39, 0.29) is 6.04 Å². The number of aliphatic imine (C=N–C) groups is 1. The van der Waals surface area contributed by atoms with Gasteiger partial charge in [-0.05, 0) is 30.0 Å². The quantitative estimate of drug-likeness (QED) is 0.868. The number of hydrogen-bond donors (Lipinski definition) is 1. The van der Waals surface area contributed by atoms with Crippen molar-refractivity contribution in [1.29, 1.82) is 0 Å². The highest BCUT2D eigenvalue weighted by molar-refractivity contribution is 5.80. The Morgan fingerprint density at radius 1 is 1.35 bits per heavy atom. The van der Waals surface area contributed by atoms with Gasteiger partial charge in [0.25, 0.3) is 0 Å². The molecule has 1 heterocycles. The fourth-order valence-corrected chi connectivity index (χ4v) is 2.43. The van der Waals surface area contributed by atoms with E-state index in [0.717, 1.165) is 31.9 Å². The van der Waals surface area contributed by atoms with Gasteiger partial charge in [0.1, 0.15) is 5.75 Å². The molecule has 0 aromatic heterocycles. The second-order valence-corrected chi connectivity index (χ2v) is 5.68. The van der Waals surface area contributed by atoms with Gasteiger partial charge in [0.2, 0.25) is 0 Å². The van der Waals surface area contributed by atoms with Crippen LogP contribution in [0, 0.1) is 5.92 Å². The summed E-state index contributed by atoms with van der Waals surface area (Å²) in [6, 6.07) is 8.58. The van der Waals surface area contributed by atoms with Crippen molar-refractivity contribution in [1.82, 2.24) is 4.90 Å². The Morgan fingerprint density at radius 3 is 2.65 bits per heavy atom. The molecule has 0 spiro atoms. The van der Waals surface area contributed by atoms with Gasteiger partial charge in [-0.1, -0.05) is 32.9 Å². The lowest BCUT2D eigenvalue weighted by Gasteiger charge is -2.28. The maximum atomic E-state index is 6.00. The van der Waals surface area contributed by atoms with Crippen LogP contribution in [0.5, 0.6) is 5.75 Å². The maximum Gasteiger partial charge on any atom is 0.191 e. The van der Waals surface area contributed by atoms with Crippen LogP contribution in [0.2, 0.25) is 0 Å². The summed E-state index contributed by atoms with van der Waals surface area (Å²) in [6.07, 6.45) is 1.02. The van der Waals surface area contributed by atoms with Crippen molar-refractivity contribution in [3.05, 3.63) is 29.8 Å². The van der Waals surface area contributed by atoms with Crippen molar-refractivity contribution in [3.63, 3.8) is 0 Å². The molecule has 1 unspecified atom stereocenters. The highest BCUT2D eigenvalue weighted by Gasteiger charge is 2.27. The second kappa shape index (κ2) is 6.64. The maximum absolute atomic E-state index is 6.00. The molecule has 1 aliphatic heterocycles. The highest BCUT2D eigenvalue weighted by atomic mass is 16.5. The molecule has 1 aromatic rings. The van der Waals surface area contributed by atoms with Gasteiger partial charge in [-0.25, -0.2) is 0 Å². The van der Waals surface area contributed by atoms with Crippen LogP contribution < -0.4 is 10.5 Å². The lowest BCUT2D eigenvalue weighted by molar-refractivity contribution is 0.307. The number of benzene rings is 1. The van der Waals surface area contributed by atoms with E-state index in [1.807, 2.05) is 12.1 Å². The van der Waals surface area contributed by atoms with E-state index in [1.54, 1.807) is 0 Å². The molecule has 0 saturated carbocycles. The molecule has 1 atom stereocenters. The zero-order chi connectivity index (χ0) is 14.5. The molecule has 110 valence electrons. The minimum Gasteiger partial charge on any atom is -0.494 e. The van der Waals surface area contributed by atoms with E-state index >= 15 is 0 Å². The summed E-state index contributed by atoms with van der Waals surface area (Å²) in [7, 11) is 0. The van der Waals surface area contributed by atoms with E-state index < -0.39 is 0 Å². The van der Waals surface area contributed by atoms with Gasteiger partial charge in [-0.3, -0.25) is 4.99 Å². The molecule has 20 heavy (non-hydrogen) atoms. The molecule has 1 aromatic carbocycles. The first kappa shape index (κ1) is 14.7. The zero-order valence-electron chi connectivity index (χ0n) is 12.7. The summed E-state index contributed by atoms with van der Waals surface area (Å²) >= 11 is 0. The molecule has 1 aliphatic rings. The molecule has 2 rings (SSSR count). The summed E-state index contributed by atoms with van der Waals surface area (Å²) in [5.74, 6) is 2.16. The Morgan fingerprint density at radius 2 is 2.05 bits per heavy atom. The summed E-state index contributed by atoms with van der Waals surface area (Å²) in [4.78, 5) is 6.59. The molecule has 0 radical (unpaired) electrons. The first-order valence-corrected chi connectivity index (χ1v) is 7.41. The Hall–Kier alpha value is -1.71. The Labute approximate surface area is 121 Å². The van der Waals surface area contributed by atoms with Gasteiger partial charge in [-0.2, -0.15) is 0 Å². The summed E-state index contributed by atoms with van der Waals surface area (Å²) in [5, 5.41) is 0. The third-order valence-corrected chi connectivity index (χ3v) is 3.40. The molecule has 0 bridgehead atoms. The van der Waals surface area contributed by atoms with Crippen molar-refractivity contribution in [2.24, 2.45) is 16.6 Å². The molecule has 4 nitrogen and oxygen atoms in total. The first-order valence-electron chi connectivity index (χ1n) is 7.41. The fraction of sp³-hybridized carbons (Fsp3) is 0.562. The number of nitrogens with two attached hydrogens (primary N) is 1. The van der Waals surface area contributed by atoms with Crippen LogP contribution in [0.15, 0.2) is 29.3 Å². The minimum atomic E-state index is 0.262. The van der Waals surface area contributed by atoms with Gasteiger partial charge in [0.05, 0.1) is 19.2 Å². The molecule has 0 amide bonds. The van der Waals surface area contributed by atoms with Crippen LogP contribution in [-0.2, 0) is 0 Å². The van der Waals surface area contributed by atoms with Crippen molar-refractivity contribution >= 4 is 5.96 Å². The standard InChI is InChI=1S/C16H25N3O/c1-4-9-20-14-7-5-13(6-8-14)15-10-18-16(17)19(15)11-12(2)3/h5-8,12,15H,4,9-11H2,1-3H3,(H2,17,18). The van der Waals surface area contributed by atoms with Crippen molar-refractivity contribution in [2.75, 3.05) is 19.7 Å². The average molecular weight is 275 g/mol. The smallest absolute Gasteiger partial charge is 0.191 e. The second-order valence-electron chi connectivity index (χ2n) is 5.68. The van der Waals surface area contributed by atoms with Crippen LogP contribution in [0.25, 0.3) is 0 Å². The van der Waals surface area contributed by atoms with E-state index in [0.29, 0.717) is 11.9 Å². The molecular weight excluding hydrogens is 250 g/mol. The predicted octanol–water partition coefficient (Wildman–Crippen LogP) is 2.80. The number of hydrogen-bond acceptors (Lipinski definition) is 4. The molecule has 4 heteroatoms. The Bertz CT molecular complexity index is 453. The van der Waals surface area contributed by atoms with Gasteiger partial charge in [0, 0.05) is 6.54 Å². The molecule has 0 saturated heterocycles. The van der Waals surface area contributed by atoms with Gasteiger partial charge < -0.3 is 15.4 Å². The van der Waals surface area contributed by atoms with Gasteiger partial charge in [0.15, 0.2) is 5.96 Å². The van der Waals surface area contributed by atoms with Crippen molar-refractivity contribution in [3.8, 4) is 5.75 Å². The molecular formula is C16H25N3O. The van der Waals surface area contributed by atoms with Crippen molar-refractivity contribution in [2.45, 2.75) is 33.2 Å². The predicted molar refractivity (Wildman–Crippen MR) is 83.0 cm³/mol. The minimum absolute atomic E-state index is 0.262. The van der Waals surface area contributed by atoms with Crippen LogP contribution >= 0.6 is 0 Å². The number of guanidine groups is 1. The lowest BCUT2D eigenvalue weighted by Crippen LogP contribution is -2.38.